The molecule has 2 aromatic rings. The Bertz CT molecular complexity index is 1530. The van der Waals surface area contributed by atoms with Gasteiger partial charge >= 0.3 is 0 Å². The van der Waals surface area contributed by atoms with Gasteiger partial charge in [-0.2, -0.15) is 0 Å². The molecule has 0 radical (unpaired) electrons. The molecule has 2 amide bonds. The highest BCUT2D eigenvalue weighted by molar-refractivity contribution is 6.32. The summed E-state index contributed by atoms with van der Waals surface area (Å²) in [6.07, 6.45) is 6.31. The first-order valence-electron chi connectivity index (χ1n) is 16.7. The molecule has 8 nitrogen and oxygen atoms in total. The third-order valence-corrected chi connectivity index (χ3v) is 10.5. The van der Waals surface area contributed by atoms with E-state index in [9.17, 15) is 14.4 Å². The van der Waals surface area contributed by atoms with E-state index in [0.717, 1.165) is 54.5 Å². The Morgan fingerprint density at radius 3 is 2.50 bits per heavy atom. The van der Waals surface area contributed by atoms with Crippen LogP contribution >= 0.6 is 11.6 Å². The molecule has 3 heterocycles. The number of hydrogen-bond acceptors (Lipinski definition) is 7. The molecule has 248 valence electrons. The van der Waals surface area contributed by atoms with Crippen LogP contribution in [0.3, 0.4) is 0 Å². The van der Waals surface area contributed by atoms with Crippen molar-refractivity contribution in [2.45, 2.75) is 97.2 Å². The van der Waals surface area contributed by atoms with Crippen molar-refractivity contribution in [2.24, 2.45) is 28.5 Å². The number of ether oxygens (including phenoxy) is 2. The molecule has 9 heteroatoms. The molecule has 2 fully saturated rings. The van der Waals surface area contributed by atoms with Crippen molar-refractivity contribution in [2.75, 3.05) is 19.7 Å². The Morgan fingerprint density at radius 2 is 1.83 bits per heavy atom. The minimum absolute atomic E-state index is 0.0164. The van der Waals surface area contributed by atoms with Crippen molar-refractivity contribution >= 4 is 35.1 Å². The maximum absolute atomic E-state index is 12.0. The molecule has 0 bridgehead atoms. The van der Waals surface area contributed by atoms with Gasteiger partial charge < -0.3 is 15.2 Å². The van der Waals surface area contributed by atoms with Crippen LogP contribution in [0.2, 0.25) is 5.02 Å². The van der Waals surface area contributed by atoms with Crippen molar-refractivity contribution in [3.63, 3.8) is 0 Å². The molecule has 0 aromatic heterocycles. The van der Waals surface area contributed by atoms with Gasteiger partial charge in [0.25, 0.3) is 0 Å². The molecule has 3 aliphatic heterocycles. The van der Waals surface area contributed by atoms with E-state index in [2.05, 4.69) is 61.4 Å². The topological polar surface area (TPSA) is 120 Å². The van der Waals surface area contributed by atoms with Crippen LogP contribution in [-0.2, 0) is 49.5 Å². The number of hydrogen-bond donors (Lipinski definition) is 2. The summed E-state index contributed by atoms with van der Waals surface area (Å²) < 4.78 is 12.0. The van der Waals surface area contributed by atoms with Gasteiger partial charge in [-0.3, -0.25) is 24.7 Å². The molecule has 4 unspecified atom stereocenters. The van der Waals surface area contributed by atoms with Gasteiger partial charge in [0.15, 0.2) is 11.7 Å². The second kappa shape index (κ2) is 14.0. The number of nitrogens with one attached hydrogen (secondary N) is 1. The second-order valence-electron chi connectivity index (χ2n) is 14.1. The zero-order valence-corrected chi connectivity index (χ0v) is 28.6. The maximum atomic E-state index is 12.0. The smallest absolute Gasteiger partial charge is 0.229 e. The van der Waals surface area contributed by atoms with Crippen molar-refractivity contribution in [1.82, 2.24) is 5.32 Å². The molecular weight excluding hydrogens is 602 g/mol. The number of benzene rings is 2. The second-order valence-corrected chi connectivity index (χ2v) is 14.5. The van der Waals surface area contributed by atoms with Crippen LogP contribution in [0, 0.1) is 17.8 Å². The van der Waals surface area contributed by atoms with E-state index in [1.165, 1.54) is 35.1 Å². The Hall–Kier alpha value is -3.07. The molecular formula is C37H48ClN3O5. The predicted octanol–water partition coefficient (Wildman–Crippen LogP) is 6.21. The minimum atomic E-state index is -0.327. The Balaban J connectivity index is 0.000000147. The largest absolute Gasteiger partial charge is 0.470 e. The van der Waals surface area contributed by atoms with Gasteiger partial charge in [0.1, 0.15) is 5.60 Å². The fourth-order valence-corrected chi connectivity index (χ4v) is 6.78. The number of nitrogens with zero attached hydrogens (tertiary/aromatic N) is 1. The van der Waals surface area contributed by atoms with Crippen molar-refractivity contribution in [1.29, 1.82) is 0 Å². The zero-order chi connectivity index (χ0) is 33.2. The number of aliphatic imine (C=N–C) groups is 1. The molecule has 0 spiro atoms. The maximum Gasteiger partial charge on any atom is 0.229 e. The molecule has 4 atom stereocenters. The number of Topliss-reactive ketones (excluding diaryl/α,β-unsaturated/α-hetero) is 1. The first-order valence-corrected chi connectivity index (χ1v) is 17.1. The minimum Gasteiger partial charge on any atom is -0.470 e. The Labute approximate surface area is 277 Å². The number of ketones is 1. The number of amides is 2. The van der Waals surface area contributed by atoms with E-state index >= 15 is 0 Å². The van der Waals surface area contributed by atoms with Crippen molar-refractivity contribution in [3.05, 3.63) is 68.7 Å². The summed E-state index contributed by atoms with van der Waals surface area (Å²) in [6.45, 7) is 13.1. The zero-order valence-electron chi connectivity index (χ0n) is 27.8. The Kier molecular flexibility index (Phi) is 10.4. The van der Waals surface area contributed by atoms with E-state index in [1.54, 1.807) is 0 Å². The van der Waals surface area contributed by atoms with Crippen LogP contribution in [-0.4, -0.2) is 43.2 Å². The van der Waals surface area contributed by atoms with Crippen LogP contribution in [0.1, 0.15) is 105 Å². The fraction of sp³-hybridized carbons (Fsp3) is 0.568. The summed E-state index contributed by atoms with van der Waals surface area (Å²) in [5.74, 6) is 1.07. The molecule has 2 aromatic carbocycles. The Morgan fingerprint density at radius 1 is 1.07 bits per heavy atom. The van der Waals surface area contributed by atoms with Crippen molar-refractivity contribution in [3.8, 4) is 0 Å². The lowest BCUT2D eigenvalue weighted by Gasteiger charge is -2.38. The van der Waals surface area contributed by atoms with Crippen LogP contribution in [0.15, 0.2) is 35.3 Å². The predicted molar refractivity (Wildman–Crippen MR) is 180 cm³/mol. The summed E-state index contributed by atoms with van der Waals surface area (Å²) in [5.41, 5.74) is 12.8. The lowest BCUT2D eigenvalue weighted by atomic mass is 9.84. The summed E-state index contributed by atoms with van der Waals surface area (Å²) in [6, 6.07) is 10.7. The van der Waals surface area contributed by atoms with Crippen molar-refractivity contribution < 1.29 is 23.9 Å². The van der Waals surface area contributed by atoms with E-state index in [4.69, 9.17) is 26.8 Å². The molecule has 3 N–H and O–H groups in total. The highest BCUT2D eigenvalue weighted by atomic mass is 35.5. The lowest BCUT2D eigenvalue weighted by molar-refractivity contribution is -0.135. The van der Waals surface area contributed by atoms with Gasteiger partial charge in [0.2, 0.25) is 11.8 Å². The van der Waals surface area contributed by atoms with E-state index in [0.29, 0.717) is 26.0 Å². The summed E-state index contributed by atoms with van der Waals surface area (Å²) in [7, 11) is 0. The number of rotatable bonds is 4. The van der Waals surface area contributed by atoms with E-state index in [1.807, 2.05) is 13.8 Å². The van der Waals surface area contributed by atoms with Gasteiger partial charge in [-0.1, -0.05) is 57.5 Å². The summed E-state index contributed by atoms with van der Waals surface area (Å²) in [4.78, 5) is 37.7. The number of imide groups is 1. The van der Waals surface area contributed by atoms with E-state index in [-0.39, 0.29) is 46.4 Å². The number of halogens is 1. The standard InChI is InChI=1S/C17H24N2O2.C14H15ClO.C6H9NO2/c1-12(10-18)16-19-8-7-17(2,21-16)15-5-3-4-13-6-9-20-11-14(13)15;1-8-5-10-11(13(8)16)6-9(7-12(10)15)14(2)3-4-14;1-4-2-3-5(8)7-6(4)9/h3-5,12H,6-11,18H2,1-2H3;6-8H,3-5H2,1-2H3;4H,2-3H2,1H3,(H,7,8,9). The molecule has 2 aliphatic carbocycles. The first-order chi connectivity index (χ1) is 21.8. The van der Waals surface area contributed by atoms with Gasteiger partial charge in [-0.25, -0.2) is 0 Å². The lowest BCUT2D eigenvalue weighted by Crippen LogP contribution is -2.39. The molecule has 1 saturated heterocycles. The average molecular weight is 650 g/mol. The number of carbonyl (C=O) groups is 3. The van der Waals surface area contributed by atoms with Crippen LogP contribution in [0.5, 0.6) is 0 Å². The highest BCUT2D eigenvalue weighted by Crippen LogP contribution is 2.49. The molecule has 46 heavy (non-hydrogen) atoms. The quantitative estimate of drug-likeness (QED) is 0.380. The fourth-order valence-electron chi connectivity index (χ4n) is 6.49. The van der Waals surface area contributed by atoms with Crippen LogP contribution in [0.4, 0.5) is 0 Å². The van der Waals surface area contributed by atoms with E-state index < -0.39 is 0 Å². The molecule has 1 saturated carbocycles. The summed E-state index contributed by atoms with van der Waals surface area (Å²) in [5, 5.41) is 3.04. The third kappa shape index (κ3) is 7.40. The highest BCUT2D eigenvalue weighted by Gasteiger charge is 2.41. The monoisotopic (exact) mass is 649 g/mol. The number of nitrogens with two attached hydrogens (primary N) is 1. The molecule has 5 aliphatic rings. The first kappa shape index (κ1) is 34.3. The number of carbonyl (C=O) groups excluding carboxylic acids is 3. The third-order valence-electron chi connectivity index (χ3n) is 10.2. The SMILES string of the molecule is CC(CN)C1=NCCC(C)(c2cccc3c2COCC3)O1.CC1CCC(=O)NC1=O.CC1Cc2c(Cl)cc(C3(C)CC3)cc2C1=O. The van der Waals surface area contributed by atoms with Gasteiger partial charge in [-0.15, -0.1) is 0 Å². The van der Waals surface area contributed by atoms with Gasteiger partial charge in [0.05, 0.1) is 13.2 Å². The average Bonchev–Trinajstić information content (AvgIpc) is 3.74. The van der Waals surface area contributed by atoms with Crippen LogP contribution in [0.25, 0.3) is 0 Å². The van der Waals surface area contributed by atoms with Crippen LogP contribution < -0.4 is 11.1 Å². The number of fused-ring (bicyclic) bond motifs is 2. The number of piperidine rings is 1. The molecule has 7 rings (SSSR count). The van der Waals surface area contributed by atoms with Gasteiger partial charge in [-0.05, 0) is 78.8 Å². The summed E-state index contributed by atoms with van der Waals surface area (Å²) >= 11 is 6.29. The normalized spacial score (nSPS) is 26.5. The van der Waals surface area contributed by atoms with Gasteiger partial charge in [0, 0.05) is 59.8 Å².